The molecule has 0 radical (unpaired) electrons. The molecule has 0 aliphatic carbocycles. The summed E-state index contributed by atoms with van der Waals surface area (Å²) in [6, 6.07) is 0. The molecule has 0 fully saturated rings. The molecule has 1 atom stereocenters. The second-order valence-electron chi connectivity index (χ2n) is 6.65. The fraction of sp³-hybridized carbons (Fsp3) is 0.800. The number of rotatable bonds is 14. The van der Waals surface area contributed by atoms with Crippen LogP contribution in [0.15, 0.2) is 24.4 Å². The van der Waals surface area contributed by atoms with E-state index < -0.39 is 0 Å². The number of ether oxygens (including phenoxy) is 1. The summed E-state index contributed by atoms with van der Waals surface area (Å²) in [7, 11) is 0. The Balaban J connectivity index is 1.91. The van der Waals surface area contributed by atoms with Crippen molar-refractivity contribution >= 4 is 0 Å². The van der Waals surface area contributed by atoms with Crippen molar-refractivity contribution in [2.45, 2.75) is 97.3 Å². The molecule has 1 rings (SSSR count). The van der Waals surface area contributed by atoms with E-state index in [1.165, 1.54) is 77.0 Å². The molecule has 0 saturated carbocycles. The molecular formula is C20H37NO. The van der Waals surface area contributed by atoms with Crippen LogP contribution in [0.2, 0.25) is 0 Å². The standard InChI is InChI=1S/C20H37NO/c1-4-6-7-8-9-10-11-12-13-14-15-16-19(5-2)20-17-21-18(3)22-20/h17,19,21H,3-16H2,1-2H3. The zero-order chi connectivity index (χ0) is 16.0. The van der Waals surface area contributed by atoms with Gasteiger partial charge in [0.2, 0.25) is 0 Å². The second kappa shape index (κ2) is 12.6. The molecule has 1 heterocycles. The summed E-state index contributed by atoms with van der Waals surface area (Å²) in [5.41, 5.74) is 0. The van der Waals surface area contributed by atoms with Gasteiger partial charge in [-0.2, -0.15) is 0 Å². The first-order chi connectivity index (χ1) is 10.8. The Morgan fingerprint density at radius 3 is 1.91 bits per heavy atom. The zero-order valence-corrected chi connectivity index (χ0v) is 15.0. The van der Waals surface area contributed by atoms with E-state index in [2.05, 4.69) is 25.7 Å². The number of nitrogens with one attached hydrogen (secondary N) is 1. The third-order valence-corrected chi connectivity index (χ3v) is 4.67. The van der Waals surface area contributed by atoms with Crippen LogP contribution >= 0.6 is 0 Å². The minimum Gasteiger partial charge on any atom is -0.444 e. The lowest BCUT2D eigenvalue weighted by molar-refractivity contribution is 0.254. The lowest BCUT2D eigenvalue weighted by Crippen LogP contribution is -2.03. The van der Waals surface area contributed by atoms with E-state index in [4.69, 9.17) is 4.74 Å². The van der Waals surface area contributed by atoms with Crippen LogP contribution in [-0.2, 0) is 4.74 Å². The third kappa shape index (κ3) is 8.51. The molecular weight excluding hydrogens is 270 g/mol. The number of hydrogen-bond acceptors (Lipinski definition) is 2. The van der Waals surface area contributed by atoms with Gasteiger partial charge in [-0.15, -0.1) is 0 Å². The normalized spacial score (nSPS) is 15.4. The molecule has 0 saturated heterocycles. The van der Waals surface area contributed by atoms with Crippen LogP contribution in [0.4, 0.5) is 0 Å². The maximum absolute atomic E-state index is 5.62. The van der Waals surface area contributed by atoms with Gasteiger partial charge in [0.25, 0.3) is 0 Å². The first-order valence-electron chi connectivity index (χ1n) is 9.61. The van der Waals surface area contributed by atoms with Gasteiger partial charge in [0.05, 0.1) is 0 Å². The van der Waals surface area contributed by atoms with Crippen LogP contribution in [0.3, 0.4) is 0 Å². The van der Waals surface area contributed by atoms with E-state index in [1.54, 1.807) is 0 Å². The molecule has 0 bridgehead atoms. The minimum atomic E-state index is 0.560. The highest BCUT2D eigenvalue weighted by Crippen LogP contribution is 2.27. The molecule has 1 N–H and O–H groups in total. The Morgan fingerprint density at radius 1 is 0.909 bits per heavy atom. The van der Waals surface area contributed by atoms with Gasteiger partial charge < -0.3 is 10.1 Å². The lowest BCUT2D eigenvalue weighted by Gasteiger charge is -2.15. The van der Waals surface area contributed by atoms with E-state index in [9.17, 15) is 0 Å². The molecule has 0 aromatic rings. The number of allylic oxidation sites excluding steroid dienone is 1. The fourth-order valence-electron chi connectivity index (χ4n) is 3.16. The van der Waals surface area contributed by atoms with Crippen LogP contribution in [-0.4, -0.2) is 0 Å². The summed E-state index contributed by atoms with van der Waals surface area (Å²) in [4.78, 5) is 0. The van der Waals surface area contributed by atoms with E-state index in [1.807, 2.05) is 6.20 Å². The van der Waals surface area contributed by atoms with Gasteiger partial charge in [-0.25, -0.2) is 0 Å². The van der Waals surface area contributed by atoms with Crippen LogP contribution < -0.4 is 5.32 Å². The molecule has 1 aliphatic heterocycles. The molecule has 0 spiro atoms. The quantitative estimate of drug-likeness (QED) is 0.363. The Kier molecular flexibility index (Phi) is 11.0. The lowest BCUT2D eigenvalue weighted by atomic mass is 9.96. The molecule has 0 amide bonds. The highest BCUT2D eigenvalue weighted by Gasteiger charge is 2.18. The SMILES string of the molecule is C=C1NC=C(C(CC)CCCCCCCCCCCCC)O1. The molecule has 1 aliphatic rings. The first kappa shape index (κ1) is 19.1. The highest BCUT2D eigenvalue weighted by atomic mass is 16.5. The van der Waals surface area contributed by atoms with E-state index in [-0.39, 0.29) is 0 Å². The van der Waals surface area contributed by atoms with Crippen LogP contribution in [0.1, 0.15) is 97.3 Å². The number of unbranched alkanes of at least 4 members (excludes halogenated alkanes) is 10. The maximum Gasteiger partial charge on any atom is 0.189 e. The van der Waals surface area contributed by atoms with Crippen molar-refractivity contribution in [2.75, 3.05) is 0 Å². The van der Waals surface area contributed by atoms with Crippen molar-refractivity contribution in [3.05, 3.63) is 24.4 Å². The summed E-state index contributed by atoms with van der Waals surface area (Å²) < 4.78 is 5.62. The van der Waals surface area contributed by atoms with E-state index >= 15 is 0 Å². The Bertz CT molecular complexity index is 322. The summed E-state index contributed by atoms with van der Waals surface area (Å²) in [6.07, 6.45) is 19.9. The van der Waals surface area contributed by atoms with Gasteiger partial charge in [0.1, 0.15) is 5.76 Å². The Hall–Kier alpha value is -0.920. The van der Waals surface area contributed by atoms with Gasteiger partial charge in [-0.05, 0) is 19.4 Å². The molecule has 1 unspecified atom stereocenters. The van der Waals surface area contributed by atoms with E-state index in [0.29, 0.717) is 11.8 Å². The van der Waals surface area contributed by atoms with Gasteiger partial charge in [-0.3, -0.25) is 0 Å². The van der Waals surface area contributed by atoms with Crippen molar-refractivity contribution < 1.29 is 4.74 Å². The average molecular weight is 308 g/mol. The monoisotopic (exact) mass is 307 g/mol. The van der Waals surface area contributed by atoms with Crippen molar-refractivity contribution in [1.82, 2.24) is 5.32 Å². The van der Waals surface area contributed by atoms with Gasteiger partial charge in [0.15, 0.2) is 5.88 Å². The summed E-state index contributed by atoms with van der Waals surface area (Å²) in [5.74, 6) is 2.32. The van der Waals surface area contributed by atoms with Crippen LogP contribution in [0.5, 0.6) is 0 Å². The maximum atomic E-state index is 5.62. The van der Waals surface area contributed by atoms with Gasteiger partial charge in [0, 0.05) is 12.1 Å². The smallest absolute Gasteiger partial charge is 0.189 e. The molecule has 2 heteroatoms. The third-order valence-electron chi connectivity index (χ3n) is 4.67. The second-order valence-corrected chi connectivity index (χ2v) is 6.65. The molecule has 0 aromatic heterocycles. The van der Waals surface area contributed by atoms with Crippen molar-refractivity contribution in [3.8, 4) is 0 Å². The summed E-state index contributed by atoms with van der Waals surface area (Å²) in [5, 5.41) is 3.05. The van der Waals surface area contributed by atoms with Crippen LogP contribution in [0.25, 0.3) is 0 Å². The van der Waals surface area contributed by atoms with Crippen molar-refractivity contribution in [3.63, 3.8) is 0 Å². The summed E-state index contributed by atoms with van der Waals surface area (Å²) >= 11 is 0. The molecule has 0 aromatic carbocycles. The Labute approximate surface area is 138 Å². The van der Waals surface area contributed by atoms with Gasteiger partial charge in [-0.1, -0.05) is 84.5 Å². The highest BCUT2D eigenvalue weighted by molar-refractivity contribution is 5.10. The van der Waals surface area contributed by atoms with Crippen molar-refractivity contribution in [2.24, 2.45) is 5.92 Å². The predicted octanol–water partition coefficient (Wildman–Crippen LogP) is 6.65. The fourth-order valence-corrected chi connectivity index (χ4v) is 3.16. The molecule has 2 nitrogen and oxygen atoms in total. The predicted molar refractivity (Wildman–Crippen MR) is 96.3 cm³/mol. The zero-order valence-electron chi connectivity index (χ0n) is 15.0. The van der Waals surface area contributed by atoms with Crippen LogP contribution in [0, 0.1) is 5.92 Å². The first-order valence-corrected chi connectivity index (χ1v) is 9.61. The molecule has 22 heavy (non-hydrogen) atoms. The molecule has 128 valence electrons. The largest absolute Gasteiger partial charge is 0.444 e. The van der Waals surface area contributed by atoms with E-state index in [0.717, 1.165) is 12.2 Å². The van der Waals surface area contributed by atoms with Crippen molar-refractivity contribution in [1.29, 1.82) is 0 Å². The number of hydrogen-bond donors (Lipinski definition) is 1. The topological polar surface area (TPSA) is 21.3 Å². The Morgan fingerprint density at radius 2 is 1.45 bits per heavy atom. The minimum absolute atomic E-state index is 0.560. The summed E-state index contributed by atoms with van der Waals surface area (Å²) in [6.45, 7) is 8.32. The average Bonchev–Trinajstić information content (AvgIpc) is 2.95. The van der Waals surface area contributed by atoms with Gasteiger partial charge >= 0.3 is 0 Å².